The Morgan fingerprint density at radius 2 is 2.05 bits per heavy atom. The molecule has 0 bridgehead atoms. The minimum absolute atomic E-state index is 0.0261. The normalized spacial score (nSPS) is 11.1. The highest BCUT2D eigenvalue weighted by Crippen LogP contribution is 2.20. The summed E-state index contributed by atoms with van der Waals surface area (Å²) >= 11 is 0. The van der Waals surface area contributed by atoms with Gasteiger partial charge in [-0.05, 0) is 24.3 Å². The van der Waals surface area contributed by atoms with Gasteiger partial charge in [-0.3, -0.25) is 4.72 Å². The number of nitrogens with zero attached hydrogens (tertiary/aromatic N) is 1. The fraction of sp³-hybridized carbons (Fsp3) is 0.0833. The minimum Gasteiger partial charge on any atom is -0.481 e. The Morgan fingerprint density at radius 3 is 2.60 bits per heavy atom. The third-order valence-electron chi connectivity index (χ3n) is 2.40. The lowest BCUT2D eigenvalue weighted by atomic mass is 10.3. The minimum atomic E-state index is -3.93. The Kier molecular flexibility index (Phi) is 3.75. The summed E-state index contributed by atoms with van der Waals surface area (Å²) in [6.07, 6.45) is 1.29. The Hall–Kier alpha value is -2.35. The summed E-state index contributed by atoms with van der Waals surface area (Å²) in [5.74, 6) is -0.374. The van der Waals surface area contributed by atoms with Crippen molar-refractivity contribution in [2.75, 3.05) is 17.6 Å². The monoisotopic (exact) mass is 297 g/mol. The maximum atomic E-state index is 13.2. The molecule has 8 heteroatoms. The van der Waals surface area contributed by atoms with Crippen molar-refractivity contribution < 1.29 is 17.5 Å². The number of halogens is 1. The Balaban J connectivity index is 2.30. The van der Waals surface area contributed by atoms with Gasteiger partial charge < -0.3 is 10.5 Å². The molecule has 1 aromatic heterocycles. The molecule has 6 nitrogen and oxygen atoms in total. The van der Waals surface area contributed by atoms with E-state index in [1.54, 1.807) is 0 Å². The summed E-state index contributed by atoms with van der Waals surface area (Å²) < 4.78 is 44.5. The fourth-order valence-electron chi connectivity index (χ4n) is 1.52. The summed E-state index contributed by atoms with van der Waals surface area (Å²) in [5, 5.41) is 0. The van der Waals surface area contributed by atoms with E-state index in [2.05, 4.69) is 9.71 Å². The van der Waals surface area contributed by atoms with Gasteiger partial charge in [0.2, 0.25) is 5.88 Å². The maximum absolute atomic E-state index is 13.2. The molecule has 2 aromatic rings. The van der Waals surface area contributed by atoms with Crippen molar-refractivity contribution >= 4 is 21.4 Å². The molecule has 0 saturated heterocycles. The van der Waals surface area contributed by atoms with Crippen LogP contribution >= 0.6 is 0 Å². The van der Waals surface area contributed by atoms with Gasteiger partial charge in [0.1, 0.15) is 5.82 Å². The van der Waals surface area contributed by atoms with E-state index < -0.39 is 15.8 Å². The summed E-state index contributed by atoms with van der Waals surface area (Å²) in [5.41, 5.74) is 5.68. The number of hydrogen-bond donors (Lipinski definition) is 2. The van der Waals surface area contributed by atoms with E-state index in [-0.39, 0.29) is 16.3 Å². The first kappa shape index (κ1) is 14.1. The Labute approximate surface area is 115 Å². The number of nitrogens with one attached hydrogen (secondary N) is 1. The first-order chi connectivity index (χ1) is 9.40. The van der Waals surface area contributed by atoms with E-state index in [0.717, 1.165) is 12.1 Å². The molecule has 0 fully saturated rings. The number of anilines is 2. The van der Waals surface area contributed by atoms with Gasteiger partial charge in [0.15, 0.2) is 0 Å². The molecule has 0 unspecified atom stereocenters. The molecule has 0 spiro atoms. The lowest BCUT2D eigenvalue weighted by Gasteiger charge is -2.09. The third kappa shape index (κ3) is 3.15. The highest BCUT2D eigenvalue weighted by atomic mass is 32.2. The standard InChI is InChI=1S/C12H12FN3O3S/c1-19-12-3-2-10(7-15-12)16-20(17,18)11-5-8(13)4-9(14)6-11/h2-7,16H,14H2,1H3. The molecule has 1 heterocycles. The van der Waals surface area contributed by atoms with E-state index in [4.69, 9.17) is 10.5 Å². The number of hydrogen-bond acceptors (Lipinski definition) is 5. The number of nitrogen functional groups attached to an aromatic ring is 1. The van der Waals surface area contributed by atoms with Gasteiger partial charge in [0, 0.05) is 11.8 Å². The van der Waals surface area contributed by atoms with E-state index in [1.165, 1.54) is 31.5 Å². The van der Waals surface area contributed by atoms with Crippen LogP contribution in [-0.4, -0.2) is 20.5 Å². The first-order valence-corrected chi connectivity index (χ1v) is 6.98. The zero-order valence-electron chi connectivity index (χ0n) is 10.5. The predicted octanol–water partition coefficient (Wildman–Crippen LogP) is 1.61. The lowest BCUT2D eigenvalue weighted by Crippen LogP contribution is -2.13. The average Bonchev–Trinajstić information content (AvgIpc) is 2.38. The quantitative estimate of drug-likeness (QED) is 0.836. The number of aromatic nitrogens is 1. The van der Waals surface area contributed by atoms with Crippen LogP contribution in [0, 0.1) is 5.82 Å². The Morgan fingerprint density at radius 1 is 1.30 bits per heavy atom. The summed E-state index contributed by atoms with van der Waals surface area (Å²) in [6, 6.07) is 6.07. The van der Waals surface area contributed by atoms with Gasteiger partial charge in [-0.25, -0.2) is 17.8 Å². The molecule has 106 valence electrons. The van der Waals surface area contributed by atoms with E-state index in [9.17, 15) is 12.8 Å². The van der Waals surface area contributed by atoms with Crippen LogP contribution in [0.1, 0.15) is 0 Å². The summed E-state index contributed by atoms with van der Waals surface area (Å²) in [6.45, 7) is 0. The average molecular weight is 297 g/mol. The number of methoxy groups -OCH3 is 1. The van der Waals surface area contributed by atoms with Crippen LogP contribution in [0.25, 0.3) is 0 Å². The second-order valence-corrected chi connectivity index (χ2v) is 5.60. The van der Waals surface area contributed by atoms with Crippen molar-refractivity contribution in [2.24, 2.45) is 0 Å². The van der Waals surface area contributed by atoms with Crippen molar-refractivity contribution in [2.45, 2.75) is 4.90 Å². The molecule has 0 aliphatic heterocycles. The van der Waals surface area contributed by atoms with Crippen LogP contribution in [-0.2, 0) is 10.0 Å². The number of nitrogens with two attached hydrogens (primary N) is 1. The van der Waals surface area contributed by atoms with Gasteiger partial charge >= 0.3 is 0 Å². The van der Waals surface area contributed by atoms with Crippen LogP contribution in [0.15, 0.2) is 41.4 Å². The fourth-order valence-corrected chi connectivity index (χ4v) is 2.62. The van der Waals surface area contributed by atoms with Crippen molar-refractivity contribution in [1.29, 1.82) is 0 Å². The van der Waals surface area contributed by atoms with Crippen molar-refractivity contribution in [3.8, 4) is 5.88 Å². The number of pyridine rings is 1. The number of ether oxygens (including phenoxy) is 1. The van der Waals surface area contributed by atoms with Crippen molar-refractivity contribution in [3.05, 3.63) is 42.3 Å². The topological polar surface area (TPSA) is 94.3 Å². The summed E-state index contributed by atoms with van der Waals surface area (Å²) in [4.78, 5) is 3.60. The van der Waals surface area contributed by atoms with Crippen LogP contribution < -0.4 is 15.2 Å². The highest BCUT2D eigenvalue weighted by Gasteiger charge is 2.16. The number of benzene rings is 1. The van der Waals surface area contributed by atoms with Gasteiger partial charge in [0.25, 0.3) is 10.0 Å². The molecule has 3 N–H and O–H groups in total. The molecule has 20 heavy (non-hydrogen) atoms. The molecule has 0 aliphatic carbocycles. The van der Waals surface area contributed by atoms with Gasteiger partial charge in [-0.15, -0.1) is 0 Å². The Bertz CT molecular complexity index is 697. The number of sulfonamides is 1. The van der Waals surface area contributed by atoms with Crippen LogP contribution in [0.5, 0.6) is 5.88 Å². The summed E-state index contributed by atoms with van der Waals surface area (Å²) in [7, 11) is -2.48. The van der Waals surface area contributed by atoms with Crippen molar-refractivity contribution in [3.63, 3.8) is 0 Å². The van der Waals surface area contributed by atoms with Gasteiger partial charge in [0.05, 0.1) is 23.9 Å². The first-order valence-electron chi connectivity index (χ1n) is 5.49. The van der Waals surface area contributed by atoms with E-state index in [0.29, 0.717) is 5.88 Å². The second kappa shape index (κ2) is 5.33. The van der Waals surface area contributed by atoms with E-state index >= 15 is 0 Å². The largest absolute Gasteiger partial charge is 0.481 e. The zero-order valence-corrected chi connectivity index (χ0v) is 11.3. The molecule has 1 aromatic carbocycles. The number of rotatable bonds is 4. The molecule has 0 radical (unpaired) electrons. The van der Waals surface area contributed by atoms with Crippen LogP contribution in [0.2, 0.25) is 0 Å². The van der Waals surface area contributed by atoms with Gasteiger partial charge in [-0.2, -0.15) is 0 Å². The molecule has 0 atom stereocenters. The molecular weight excluding hydrogens is 285 g/mol. The molecule has 0 saturated carbocycles. The highest BCUT2D eigenvalue weighted by molar-refractivity contribution is 7.92. The van der Waals surface area contributed by atoms with Crippen molar-refractivity contribution in [1.82, 2.24) is 4.98 Å². The molecule has 0 aliphatic rings. The zero-order chi connectivity index (χ0) is 14.8. The van der Waals surface area contributed by atoms with Crippen LogP contribution in [0.3, 0.4) is 0 Å². The smallest absolute Gasteiger partial charge is 0.262 e. The third-order valence-corrected chi connectivity index (χ3v) is 3.76. The molecule has 0 amide bonds. The van der Waals surface area contributed by atoms with E-state index in [1.807, 2.05) is 0 Å². The predicted molar refractivity (Wildman–Crippen MR) is 72.4 cm³/mol. The molecular formula is C12H12FN3O3S. The SMILES string of the molecule is COc1ccc(NS(=O)(=O)c2cc(N)cc(F)c2)cn1. The second-order valence-electron chi connectivity index (χ2n) is 3.92. The van der Waals surface area contributed by atoms with Gasteiger partial charge in [-0.1, -0.05) is 0 Å². The van der Waals surface area contributed by atoms with Crippen LogP contribution in [0.4, 0.5) is 15.8 Å². The maximum Gasteiger partial charge on any atom is 0.262 e. The lowest BCUT2D eigenvalue weighted by molar-refractivity contribution is 0.398. The molecule has 2 rings (SSSR count).